The molecule has 0 aliphatic carbocycles. The van der Waals surface area contributed by atoms with Gasteiger partial charge in [-0.05, 0) is 43.7 Å². The first-order valence-corrected chi connectivity index (χ1v) is 8.02. The van der Waals surface area contributed by atoms with Gasteiger partial charge in [0.2, 0.25) is 0 Å². The summed E-state index contributed by atoms with van der Waals surface area (Å²) in [7, 11) is 0. The van der Waals surface area contributed by atoms with Crippen molar-refractivity contribution in [1.29, 1.82) is 0 Å². The highest BCUT2D eigenvalue weighted by Gasteiger charge is 2.28. The van der Waals surface area contributed by atoms with Gasteiger partial charge >= 0.3 is 0 Å². The van der Waals surface area contributed by atoms with E-state index in [2.05, 4.69) is 16.8 Å². The van der Waals surface area contributed by atoms with E-state index in [4.69, 9.17) is 4.42 Å². The van der Waals surface area contributed by atoms with E-state index in [-0.39, 0.29) is 11.7 Å². The molecule has 2 aromatic carbocycles. The van der Waals surface area contributed by atoms with Crippen LogP contribution in [0.5, 0.6) is 0 Å². The number of oxazole rings is 1. The lowest BCUT2D eigenvalue weighted by atomic mass is 10.1. The standard InChI is InChI=1S/C19H19FN2O/c1-13-6-7-18-17(10-13)21-19(23-18)15-8-9-22(12-15)11-14-4-2-3-5-16(14)20/h2-7,10,15H,8-9,11-12H2,1H3/t15-/m1/s1. The maximum atomic E-state index is 13.8. The maximum Gasteiger partial charge on any atom is 0.199 e. The number of benzene rings is 2. The van der Waals surface area contributed by atoms with Gasteiger partial charge in [0.15, 0.2) is 11.5 Å². The smallest absolute Gasteiger partial charge is 0.199 e. The SMILES string of the molecule is Cc1ccc2oc([C@@H]3CCN(Cc4ccccc4F)C3)nc2c1. The molecule has 4 heteroatoms. The number of nitrogens with zero attached hydrogens (tertiary/aromatic N) is 2. The number of rotatable bonds is 3. The third-order valence-corrected chi connectivity index (χ3v) is 4.53. The zero-order valence-corrected chi connectivity index (χ0v) is 13.1. The predicted molar refractivity (Wildman–Crippen MR) is 87.8 cm³/mol. The monoisotopic (exact) mass is 310 g/mol. The lowest BCUT2D eigenvalue weighted by molar-refractivity contribution is 0.315. The van der Waals surface area contributed by atoms with E-state index in [0.29, 0.717) is 6.54 Å². The fraction of sp³-hybridized carbons (Fsp3) is 0.316. The van der Waals surface area contributed by atoms with Gasteiger partial charge in [-0.15, -0.1) is 0 Å². The van der Waals surface area contributed by atoms with Crippen LogP contribution in [0.2, 0.25) is 0 Å². The number of halogens is 1. The van der Waals surface area contributed by atoms with Crippen molar-refractivity contribution in [3.63, 3.8) is 0 Å². The molecule has 0 N–H and O–H groups in total. The van der Waals surface area contributed by atoms with Crippen LogP contribution in [0.1, 0.15) is 29.4 Å². The van der Waals surface area contributed by atoms with Gasteiger partial charge in [-0.25, -0.2) is 9.37 Å². The van der Waals surface area contributed by atoms with E-state index in [1.807, 2.05) is 30.3 Å². The molecule has 3 nitrogen and oxygen atoms in total. The van der Waals surface area contributed by atoms with Crippen molar-refractivity contribution in [2.45, 2.75) is 25.8 Å². The van der Waals surface area contributed by atoms with Crippen molar-refractivity contribution in [2.75, 3.05) is 13.1 Å². The van der Waals surface area contributed by atoms with Crippen LogP contribution in [0.15, 0.2) is 46.9 Å². The van der Waals surface area contributed by atoms with E-state index < -0.39 is 0 Å². The molecule has 1 atom stereocenters. The van der Waals surface area contributed by atoms with Gasteiger partial charge in [-0.2, -0.15) is 0 Å². The molecule has 0 radical (unpaired) electrons. The minimum atomic E-state index is -0.131. The fourth-order valence-electron chi connectivity index (χ4n) is 3.28. The minimum absolute atomic E-state index is 0.131. The van der Waals surface area contributed by atoms with Crippen molar-refractivity contribution in [3.8, 4) is 0 Å². The largest absolute Gasteiger partial charge is 0.440 e. The molecule has 0 bridgehead atoms. The second-order valence-electron chi connectivity index (χ2n) is 6.34. The molecular formula is C19H19FN2O. The van der Waals surface area contributed by atoms with Gasteiger partial charge < -0.3 is 4.42 Å². The number of aryl methyl sites for hydroxylation is 1. The van der Waals surface area contributed by atoms with Crippen LogP contribution in [0.4, 0.5) is 4.39 Å². The first kappa shape index (κ1) is 14.4. The fourth-order valence-corrected chi connectivity index (χ4v) is 3.28. The lowest BCUT2D eigenvalue weighted by Gasteiger charge is -2.15. The number of likely N-dealkylation sites (tertiary alicyclic amines) is 1. The van der Waals surface area contributed by atoms with Crippen LogP contribution in [-0.2, 0) is 6.54 Å². The quantitative estimate of drug-likeness (QED) is 0.723. The van der Waals surface area contributed by atoms with Crippen LogP contribution in [-0.4, -0.2) is 23.0 Å². The molecule has 23 heavy (non-hydrogen) atoms. The average molecular weight is 310 g/mol. The lowest BCUT2D eigenvalue weighted by Crippen LogP contribution is -2.20. The number of fused-ring (bicyclic) bond motifs is 1. The first-order valence-electron chi connectivity index (χ1n) is 8.02. The van der Waals surface area contributed by atoms with E-state index >= 15 is 0 Å². The molecule has 1 fully saturated rings. The summed E-state index contributed by atoms with van der Waals surface area (Å²) >= 11 is 0. The highest BCUT2D eigenvalue weighted by molar-refractivity contribution is 5.73. The molecule has 3 aromatic rings. The zero-order chi connectivity index (χ0) is 15.8. The van der Waals surface area contributed by atoms with Crippen LogP contribution in [0.25, 0.3) is 11.1 Å². The zero-order valence-electron chi connectivity index (χ0n) is 13.1. The van der Waals surface area contributed by atoms with E-state index in [1.165, 1.54) is 11.6 Å². The molecule has 118 valence electrons. The average Bonchev–Trinajstić information content (AvgIpc) is 3.15. The summed E-state index contributed by atoms with van der Waals surface area (Å²) in [6, 6.07) is 13.1. The highest BCUT2D eigenvalue weighted by Crippen LogP contribution is 2.30. The van der Waals surface area contributed by atoms with Crippen molar-refractivity contribution < 1.29 is 8.81 Å². The second kappa shape index (κ2) is 5.78. The number of hydrogen-bond acceptors (Lipinski definition) is 3. The number of hydrogen-bond donors (Lipinski definition) is 0. The minimum Gasteiger partial charge on any atom is -0.440 e. The van der Waals surface area contributed by atoms with Crippen molar-refractivity contribution in [1.82, 2.24) is 9.88 Å². The Bertz CT molecular complexity index is 842. The molecule has 0 spiro atoms. The Morgan fingerprint density at radius 2 is 2.13 bits per heavy atom. The molecule has 1 saturated heterocycles. The van der Waals surface area contributed by atoms with Crippen molar-refractivity contribution >= 4 is 11.1 Å². The summed E-state index contributed by atoms with van der Waals surface area (Å²) in [6.45, 7) is 4.50. The third kappa shape index (κ3) is 2.86. The van der Waals surface area contributed by atoms with Crippen molar-refractivity contribution in [2.24, 2.45) is 0 Å². The van der Waals surface area contributed by atoms with Crippen LogP contribution in [0, 0.1) is 12.7 Å². The molecule has 0 saturated carbocycles. The maximum absolute atomic E-state index is 13.8. The topological polar surface area (TPSA) is 29.3 Å². The summed E-state index contributed by atoms with van der Waals surface area (Å²) in [4.78, 5) is 6.91. The summed E-state index contributed by atoms with van der Waals surface area (Å²) in [5.74, 6) is 0.962. The van der Waals surface area contributed by atoms with Crippen LogP contribution >= 0.6 is 0 Å². The van der Waals surface area contributed by atoms with Gasteiger partial charge in [0.1, 0.15) is 11.3 Å². The predicted octanol–water partition coefficient (Wildman–Crippen LogP) is 4.26. The molecule has 2 heterocycles. The first-order chi connectivity index (χ1) is 11.2. The third-order valence-electron chi connectivity index (χ3n) is 4.53. The molecular weight excluding hydrogens is 291 g/mol. The molecule has 1 aliphatic heterocycles. The van der Waals surface area contributed by atoms with Crippen LogP contribution < -0.4 is 0 Å². The Balaban J connectivity index is 1.50. The Kier molecular flexibility index (Phi) is 3.62. The van der Waals surface area contributed by atoms with E-state index in [1.54, 1.807) is 6.07 Å². The molecule has 1 aromatic heterocycles. The molecule has 0 unspecified atom stereocenters. The molecule has 4 rings (SSSR count). The molecule has 1 aliphatic rings. The second-order valence-corrected chi connectivity index (χ2v) is 6.34. The summed E-state index contributed by atoms with van der Waals surface area (Å²) in [6.07, 6.45) is 1.00. The van der Waals surface area contributed by atoms with Crippen LogP contribution in [0.3, 0.4) is 0 Å². The Morgan fingerprint density at radius 3 is 3.00 bits per heavy atom. The van der Waals surface area contributed by atoms with Gasteiger partial charge in [0.25, 0.3) is 0 Å². The van der Waals surface area contributed by atoms with Crippen molar-refractivity contribution in [3.05, 3.63) is 65.3 Å². The van der Waals surface area contributed by atoms with Gasteiger partial charge in [-0.1, -0.05) is 24.3 Å². The normalized spacial score (nSPS) is 18.8. The van der Waals surface area contributed by atoms with E-state index in [9.17, 15) is 4.39 Å². The number of aromatic nitrogens is 1. The molecule has 0 amide bonds. The summed E-state index contributed by atoms with van der Waals surface area (Å²) in [5.41, 5.74) is 3.71. The van der Waals surface area contributed by atoms with E-state index in [0.717, 1.165) is 42.1 Å². The summed E-state index contributed by atoms with van der Waals surface area (Å²) in [5, 5.41) is 0. The Morgan fingerprint density at radius 1 is 1.26 bits per heavy atom. The van der Waals surface area contributed by atoms with Gasteiger partial charge in [0, 0.05) is 24.6 Å². The Hall–Kier alpha value is -2.20. The van der Waals surface area contributed by atoms with Gasteiger partial charge in [-0.3, -0.25) is 4.90 Å². The van der Waals surface area contributed by atoms with Gasteiger partial charge in [0.05, 0.1) is 0 Å². The Labute approximate surface area is 134 Å². The summed E-state index contributed by atoms with van der Waals surface area (Å²) < 4.78 is 19.7. The highest BCUT2D eigenvalue weighted by atomic mass is 19.1.